The van der Waals surface area contributed by atoms with E-state index in [1.807, 2.05) is 18.2 Å². The van der Waals surface area contributed by atoms with Crippen molar-refractivity contribution >= 4 is 27.7 Å². The first-order chi connectivity index (χ1) is 8.31. The van der Waals surface area contributed by atoms with Gasteiger partial charge in [-0.2, -0.15) is 0 Å². The first kappa shape index (κ1) is 11.3. The van der Waals surface area contributed by atoms with Crippen LogP contribution >= 0.6 is 27.7 Å². The summed E-state index contributed by atoms with van der Waals surface area (Å²) in [5.74, 6) is 0. The maximum Gasteiger partial charge on any atom is 0.107 e. The molecule has 0 atom stereocenters. The summed E-state index contributed by atoms with van der Waals surface area (Å²) in [5.41, 5.74) is 3.04. The molecule has 1 aliphatic rings. The smallest absolute Gasteiger partial charge is 0.107 e. The second-order valence-electron chi connectivity index (χ2n) is 4.18. The average Bonchev–Trinajstić information content (AvgIpc) is 2.76. The molecule has 0 saturated heterocycles. The van der Waals surface area contributed by atoms with Gasteiger partial charge in [0.2, 0.25) is 0 Å². The fourth-order valence-electron chi connectivity index (χ4n) is 2.18. The van der Waals surface area contributed by atoms with E-state index in [9.17, 15) is 0 Å². The Hall–Kier alpha value is -0.800. The number of pyridine rings is 1. The first-order valence-electron chi connectivity index (χ1n) is 5.73. The van der Waals surface area contributed by atoms with Gasteiger partial charge < -0.3 is 0 Å². The molecular weight excluding hydrogens is 294 g/mol. The molecule has 0 saturated carbocycles. The van der Waals surface area contributed by atoms with E-state index in [-0.39, 0.29) is 0 Å². The van der Waals surface area contributed by atoms with E-state index in [1.54, 1.807) is 11.8 Å². The van der Waals surface area contributed by atoms with Gasteiger partial charge in [-0.1, -0.05) is 23.9 Å². The van der Waals surface area contributed by atoms with Crippen molar-refractivity contribution in [3.05, 3.63) is 52.1 Å². The lowest BCUT2D eigenvalue weighted by Gasteiger charge is -2.04. The van der Waals surface area contributed by atoms with E-state index < -0.39 is 0 Å². The Kier molecular flexibility index (Phi) is 3.21. The molecule has 0 spiro atoms. The number of aromatic nitrogens is 1. The molecule has 0 aliphatic heterocycles. The summed E-state index contributed by atoms with van der Waals surface area (Å²) >= 11 is 5.13. The molecule has 86 valence electrons. The van der Waals surface area contributed by atoms with Crippen molar-refractivity contribution in [3.63, 3.8) is 0 Å². The Morgan fingerprint density at radius 2 is 1.94 bits per heavy atom. The zero-order valence-electron chi connectivity index (χ0n) is 9.32. The van der Waals surface area contributed by atoms with Gasteiger partial charge in [-0.05, 0) is 70.6 Å². The topological polar surface area (TPSA) is 12.9 Å². The molecule has 1 aliphatic carbocycles. The molecule has 0 unspecified atom stereocenters. The number of fused-ring (bicyclic) bond motifs is 1. The van der Waals surface area contributed by atoms with Crippen LogP contribution in [0.25, 0.3) is 0 Å². The van der Waals surface area contributed by atoms with Crippen LogP contribution in [0.15, 0.2) is 50.9 Å². The molecule has 0 N–H and O–H groups in total. The van der Waals surface area contributed by atoms with Crippen molar-refractivity contribution in [1.29, 1.82) is 0 Å². The highest BCUT2D eigenvalue weighted by atomic mass is 79.9. The van der Waals surface area contributed by atoms with Gasteiger partial charge in [-0.25, -0.2) is 4.98 Å². The maximum absolute atomic E-state index is 4.44. The van der Waals surface area contributed by atoms with Crippen LogP contribution in [0.4, 0.5) is 0 Å². The quantitative estimate of drug-likeness (QED) is 0.759. The van der Waals surface area contributed by atoms with Gasteiger partial charge in [0.05, 0.1) is 0 Å². The summed E-state index contributed by atoms with van der Waals surface area (Å²) < 4.78 is 0.892. The summed E-state index contributed by atoms with van der Waals surface area (Å²) in [6, 6.07) is 12.8. The Balaban J connectivity index is 1.86. The zero-order chi connectivity index (χ0) is 11.7. The number of halogens is 1. The highest BCUT2D eigenvalue weighted by Gasteiger charge is 2.11. The predicted molar refractivity (Wildman–Crippen MR) is 74.5 cm³/mol. The minimum absolute atomic E-state index is 0.892. The van der Waals surface area contributed by atoms with Crippen LogP contribution < -0.4 is 0 Å². The molecule has 0 bridgehead atoms. The lowest BCUT2D eigenvalue weighted by molar-refractivity contribution is 0.911. The predicted octanol–water partition coefficient (Wildman–Crippen LogP) is 4.48. The Bertz CT molecular complexity index is 554. The van der Waals surface area contributed by atoms with Crippen LogP contribution in [-0.2, 0) is 12.8 Å². The fourth-order valence-corrected chi connectivity index (χ4v) is 3.51. The molecule has 0 radical (unpaired) electrons. The van der Waals surface area contributed by atoms with Crippen molar-refractivity contribution in [2.24, 2.45) is 0 Å². The summed E-state index contributed by atoms with van der Waals surface area (Å²) in [5, 5.41) is 1.04. The fraction of sp³-hybridized carbons (Fsp3) is 0.214. The third kappa shape index (κ3) is 2.55. The van der Waals surface area contributed by atoms with E-state index in [0.29, 0.717) is 0 Å². The van der Waals surface area contributed by atoms with Gasteiger partial charge in [-0.15, -0.1) is 0 Å². The van der Waals surface area contributed by atoms with E-state index in [0.717, 1.165) is 9.63 Å². The standard InChI is InChI=1S/C14H12BrNS/c15-13-5-2-6-14(16-13)17-12-8-7-10-3-1-4-11(10)9-12/h2,5-9H,1,3-4H2. The van der Waals surface area contributed by atoms with Crippen LogP contribution in [0.2, 0.25) is 0 Å². The molecule has 3 heteroatoms. The normalized spacial score (nSPS) is 13.7. The van der Waals surface area contributed by atoms with Gasteiger partial charge in [0, 0.05) is 4.90 Å². The third-order valence-electron chi connectivity index (χ3n) is 2.98. The second kappa shape index (κ2) is 4.83. The van der Waals surface area contributed by atoms with E-state index in [4.69, 9.17) is 0 Å². The van der Waals surface area contributed by atoms with Crippen LogP contribution in [0.1, 0.15) is 17.5 Å². The molecule has 1 aromatic carbocycles. The van der Waals surface area contributed by atoms with Crippen molar-refractivity contribution in [1.82, 2.24) is 4.98 Å². The summed E-state index contributed by atoms with van der Waals surface area (Å²) in [4.78, 5) is 5.73. The van der Waals surface area contributed by atoms with Gasteiger partial charge in [0.15, 0.2) is 0 Å². The highest BCUT2D eigenvalue weighted by Crippen LogP contribution is 2.31. The van der Waals surface area contributed by atoms with Crippen molar-refractivity contribution in [3.8, 4) is 0 Å². The Morgan fingerprint density at radius 3 is 2.82 bits per heavy atom. The number of aryl methyl sites for hydroxylation is 2. The van der Waals surface area contributed by atoms with Crippen molar-refractivity contribution in [2.75, 3.05) is 0 Å². The molecule has 1 nitrogen and oxygen atoms in total. The third-order valence-corrected chi connectivity index (χ3v) is 4.35. The van der Waals surface area contributed by atoms with E-state index >= 15 is 0 Å². The molecule has 1 heterocycles. The lowest BCUT2D eigenvalue weighted by atomic mass is 10.1. The van der Waals surface area contributed by atoms with Gasteiger partial charge in [-0.3, -0.25) is 0 Å². The molecule has 2 aromatic rings. The summed E-state index contributed by atoms with van der Waals surface area (Å²) in [6.45, 7) is 0. The lowest BCUT2D eigenvalue weighted by Crippen LogP contribution is -1.84. The molecular formula is C14H12BrNS. The SMILES string of the molecule is Brc1cccc(Sc2ccc3c(c2)CCC3)n1. The largest absolute Gasteiger partial charge is 0.234 e. The maximum atomic E-state index is 4.44. The molecule has 0 fully saturated rings. The second-order valence-corrected chi connectivity index (χ2v) is 6.09. The van der Waals surface area contributed by atoms with Crippen molar-refractivity contribution < 1.29 is 0 Å². The van der Waals surface area contributed by atoms with Crippen LogP contribution in [0, 0.1) is 0 Å². The number of hydrogen-bond acceptors (Lipinski definition) is 2. The average molecular weight is 306 g/mol. The van der Waals surface area contributed by atoms with E-state index in [1.165, 1.54) is 35.3 Å². The summed E-state index contributed by atoms with van der Waals surface area (Å²) in [7, 11) is 0. The minimum atomic E-state index is 0.892. The summed E-state index contributed by atoms with van der Waals surface area (Å²) in [6.07, 6.45) is 3.78. The van der Waals surface area contributed by atoms with Crippen LogP contribution in [0.5, 0.6) is 0 Å². The molecule has 0 amide bonds. The monoisotopic (exact) mass is 305 g/mol. The minimum Gasteiger partial charge on any atom is -0.234 e. The van der Waals surface area contributed by atoms with Gasteiger partial charge in [0.25, 0.3) is 0 Å². The number of nitrogens with zero attached hydrogens (tertiary/aromatic N) is 1. The van der Waals surface area contributed by atoms with Crippen molar-refractivity contribution in [2.45, 2.75) is 29.2 Å². The van der Waals surface area contributed by atoms with Gasteiger partial charge >= 0.3 is 0 Å². The van der Waals surface area contributed by atoms with Crippen LogP contribution in [0.3, 0.4) is 0 Å². The van der Waals surface area contributed by atoms with Crippen LogP contribution in [-0.4, -0.2) is 4.98 Å². The highest BCUT2D eigenvalue weighted by molar-refractivity contribution is 9.10. The Labute approximate surface area is 114 Å². The molecule has 3 rings (SSSR count). The number of benzene rings is 1. The van der Waals surface area contributed by atoms with E-state index in [2.05, 4.69) is 39.1 Å². The van der Waals surface area contributed by atoms with Gasteiger partial charge in [0.1, 0.15) is 9.63 Å². The zero-order valence-corrected chi connectivity index (χ0v) is 11.7. The molecule has 17 heavy (non-hydrogen) atoms. The first-order valence-corrected chi connectivity index (χ1v) is 7.34. The Morgan fingerprint density at radius 1 is 1.06 bits per heavy atom. The number of rotatable bonds is 2. The molecule has 1 aromatic heterocycles. The number of hydrogen-bond donors (Lipinski definition) is 0.